The molecule has 0 aliphatic carbocycles. The molecule has 2 aliphatic rings. The number of nitrogens with zero attached hydrogens (tertiary/aromatic N) is 3. The predicted octanol–water partition coefficient (Wildman–Crippen LogP) is -0.263. The van der Waals surface area contributed by atoms with Gasteiger partial charge >= 0.3 is 6.03 Å². The van der Waals surface area contributed by atoms with Gasteiger partial charge in [0.2, 0.25) is 0 Å². The summed E-state index contributed by atoms with van der Waals surface area (Å²) in [5.41, 5.74) is -0.00774. The predicted molar refractivity (Wildman–Crippen MR) is 68.3 cm³/mol. The molecular weight excluding hydrogens is 258 g/mol. The second-order valence-electron chi connectivity index (χ2n) is 4.95. The number of carbonyl (C=O) groups excluding carboxylic acids is 2. The van der Waals surface area contributed by atoms with Gasteiger partial charge in [-0.2, -0.15) is 5.26 Å². The van der Waals surface area contributed by atoms with Gasteiger partial charge in [-0.3, -0.25) is 9.69 Å². The zero-order valence-corrected chi connectivity index (χ0v) is 10.7. The molecule has 0 saturated carbocycles. The van der Waals surface area contributed by atoms with E-state index in [9.17, 15) is 9.59 Å². The number of nitriles is 1. The van der Waals surface area contributed by atoms with Crippen molar-refractivity contribution in [1.82, 2.24) is 20.5 Å². The first-order valence-corrected chi connectivity index (χ1v) is 6.35. The van der Waals surface area contributed by atoms with Crippen LogP contribution in [0.3, 0.4) is 0 Å². The van der Waals surface area contributed by atoms with E-state index in [4.69, 9.17) is 5.26 Å². The molecule has 1 atom stereocenters. The Balaban J connectivity index is 1.86. The number of carbonyl (C=O) groups is 2. The number of urea groups is 1. The van der Waals surface area contributed by atoms with Gasteiger partial charge in [0.15, 0.2) is 0 Å². The summed E-state index contributed by atoms with van der Waals surface area (Å²) in [6.07, 6.45) is 2.10. The van der Waals surface area contributed by atoms with E-state index in [1.54, 1.807) is 12.1 Å². The molecule has 3 heterocycles. The van der Waals surface area contributed by atoms with Crippen LogP contribution in [0.4, 0.5) is 4.79 Å². The minimum absolute atomic E-state index is 0.0726. The summed E-state index contributed by atoms with van der Waals surface area (Å²) in [6, 6.07) is 4.94. The molecule has 2 saturated heterocycles. The largest absolute Gasteiger partial charge is 0.325 e. The fourth-order valence-electron chi connectivity index (χ4n) is 2.64. The minimum Gasteiger partial charge on any atom is -0.322 e. The normalized spacial score (nSPS) is 25.1. The number of nitrogens with one attached hydrogen (secondary N) is 2. The maximum Gasteiger partial charge on any atom is 0.325 e. The van der Waals surface area contributed by atoms with E-state index in [1.807, 2.05) is 6.07 Å². The molecule has 0 radical (unpaired) electrons. The average Bonchev–Trinajstić information content (AvgIpc) is 3.01. The fourth-order valence-corrected chi connectivity index (χ4v) is 2.64. The van der Waals surface area contributed by atoms with Crippen LogP contribution in [-0.2, 0) is 11.3 Å². The molecule has 20 heavy (non-hydrogen) atoms. The molecule has 7 nitrogen and oxygen atoms in total. The van der Waals surface area contributed by atoms with Crippen LogP contribution in [0.1, 0.15) is 17.7 Å². The van der Waals surface area contributed by atoms with Crippen LogP contribution in [0, 0.1) is 11.3 Å². The SMILES string of the molecule is N#Cc1ncccc1CN1C(=O)NC2(CCNC2)C1=O. The third-order valence-electron chi connectivity index (χ3n) is 3.73. The lowest BCUT2D eigenvalue weighted by Gasteiger charge is -2.19. The van der Waals surface area contributed by atoms with Gasteiger partial charge in [0.25, 0.3) is 5.91 Å². The zero-order valence-electron chi connectivity index (χ0n) is 10.7. The van der Waals surface area contributed by atoms with E-state index in [-0.39, 0.29) is 18.1 Å². The topological polar surface area (TPSA) is 98.1 Å². The molecule has 0 aromatic carbocycles. The first kappa shape index (κ1) is 12.6. The fraction of sp³-hybridized carbons (Fsp3) is 0.385. The third kappa shape index (κ3) is 1.82. The van der Waals surface area contributed by atoms with Gasteiger partial charge in [-0.15, -0.1) is 0 Å². The summed E-state index contributed by atoms with van der Waals surface area (Å²) >= 11 is 0. The second kappa shape index (κ2) is 4.58. The summed E-state index contributed by atoms with van der Waals surface area (Å²) in [6.45, 7) is 1.23. The van der Waals surface area contributed by atoms with Gasteiger partial charge in [-0.05, 0) is 19.0 Å². The molecule has 1 spiro atoms. The Kier molecular flexibility index (Phi) is 2.88. The highest BCUT2D eigenvalue weighted by atomic mass is 16.2. The van der Waals surface area contributed by atoms with Crippen molar-refractivity contribution in [3.8, 4) is 6.07 Å². The lowest BCUT2D eigenvalue weighted by Crippen LogP contribution is -2.48. The van der Waals surface area contributed by atoms with Crippen LogP contribution in [0.5, 0.6) is 0 Å². The molecule has 1 aromatic heterocycles. The van der Waals surface area contributed by atoms with Crippen LogP contribution >= 0.6 is 0 Å². The maximum atomic E-state index is 12.4. The van der Waals surface area contributed by atoms with Crippen LogP contribution < -0.4 is 10.6 Å². The first-order chi connectivity index (χ1) is 9.66. The van der Waals surface area contributed by atoms with E-state index in [1.165, 1.54) is 6.20 Å². The Morgan fingerprint density at radius 2 is 2.35 bits per heavy atom. The Morgan fingerprint density at radius 3 is 3.05 bits per heavy atom. The monoisotopic (exact) mass is 271 g/mol. The number of amides is 3. The van der Waals surface area contributed by atoms with Crippen molar-refractivity contribution < 1.29 is 9.59 Å². The van der Waals surface area contributed by atoms with E-state index >= 15 is 0 Å². The number of rotatable bonds is 2. The first-order valence-electron chi connectivity index (χ1n) is 6.35. The van der Waals surface area contributed by atoms with Crippen molar-refractivity contribution >= 4 is 11.9 Å². The smallest absolute Gasteiger partial charge is 0.322 e. The summed E-state index contributed by atoms with van der Waals surface area (Å²) in [5, 5.41) is 14.8. The highest BCUT2D eigenvalue weighted by Crippen LogP contribution is 2.25. The summed E-state index contributed by atoms with van der Waals surface area (Å²) in [4.78, 5) is 29.5. The number of hydrogen-bond acceptors (Lipinski definition) is 5. The number of pyridine rings is 1. The van der Waals surface area contributed by atoms with Gasteiger partial charge in [0.1, 0.15) is 17.3 Å². The molecule has 7 heteroatoms. The number of imide groups is 1. The molecule has 0 bridgehead atoms. The third-order valence-corrected chi connectivity index (χ3v) is 3.73. The van der Waals surface area contributed by atoms with Gasteiger partial charge in [0, 0.05) is 18.3 Å². The zero-order chi connectivity index (χ0) is 14.2. The lowest BCUT2D eigenvalue weighted by atomic mass is 9.99. The highest BCUT2D eigenvalue weighted by molar-refractivity contribution is 6.07. The molecule has 1 unspecified atom stereocenters. The minimum atomic E-state index is -0.813. The molecule has 2 aliphatic heterocycles. The van der Waals surface area contributed by atoms with Crippen molar-refractivity contribution in [2.75, 3.05) is 13.1 Å². The van der Waals surface area contributed by atoms with Crippen LogP contribution in [0.15, 0.2) is 18.3 Å². The molecular formula is C13H13N5O2. The molecule has 1 aromatic rings. The van der Waals surface area contributed by atoms with Crippen molar-refractivity contribution in [3.63, 3.8) is 0 Å². The van der Waals surface area contributed by atoms with Crippen molar-refractivity contribution in [2.24, 2.45) is 0 Å². The Morgan fingerprint density at radius 1 is 1.50 bits per heavy atom. The highest BCUT2D eigenvalue weighted by Gasteiger charge is 2.52. The summed E-state index contributed by atoms with van der Waals surface area (Å²) in [5.74, 6) is -0.236. The summed E-state index contributed by atoms with van der Waals surface area (Å²) in [7, 11) is 0. The Hall–Kier alpha value is -2.46. The van der Waals surface area contributed by atoms with Gasteiger partial charge in [0.05, 0.1) is 6.54 Å². The van der Waals surface area contributed by atoms with Gasteiger partial charge < -0.3 is 10.6 Å². The van der Waals surface area contributed by atoms with E-state index in [0.29, 0.717) is 25.1 Å². The molecule has 2 fully saturated rings. The van der Waals surface area contributed by atoms with E-state index in [2.05, 4.69) is 15.6 Å². The molecule has 2 N–H and O–H groups in total. The average molecular weight is 271 g/mol. The maximum absolute atomic E-state index is 12.4. The standard InChI is InChI=1S/C13H13N5O2/c14-6-10-9(2-1-4-16-10)7-18-11(19)13(17-12(18)20)3-5-15-8-13/h1-2,4,15H,3,5,7-8H2,(H,17,20). The molecule has 102 valence electrons. The molecule has 3 rings (SSSR count). The van der Waals surface area contributed by atoms with Crippen molar-refractivity contribution in [1.29, 1.82) is 5.26 Å². The van der Waals surface area contributed by atoms with E-state index < -0.39 is 11.6 Å². The van der Waals surface area contributed by atoms with Crippen LogP contribution in [0.2, 0.25) is 0 Å². The van der Waals surface area contributed by atoms with Gasteiger partial charge in [-0.25, -0.2) is 9.78 Å². The molecule has 3 amide bonds. The van der Waals surface area contributed by atoms with Crippen molar-refractivity contribution in [3.05, 3.63) is 29.6 Å². The number of aromatic nitrogens is 1. The second-order valence-corrected chi connectivity index (χ2v) is 4.95. The lowest BCUT2D eigenvalue weighted by molar-refractivity contribution is -0.131. The van der Waals surface area contributed by atoms with Gasteiger partial charge in [-0.1, -0.05) is 6.07 Å². The van der Waals surface area contributed by atoms with E-state index in [0.717, 1.165) is 4.90 Å². The van der Waals surface area contributed by atoms with Crippen molar-refractivity contribution in [2.45, 2.75) is 18.5 Å². The quantitative estimate of drug-likeness (QED) is 0.722. The summed E-state index contributed by atoms with van der Waals surface area (Å²) < 4.78 is 0. The Bertz CT molecular complexity index is 615. The van der Waals surface area contributed by atoms with Crippen LogP contribution in [-0.4, -0.2) is 40.5 Å². The Labute approximate surface area is 115 Å². The number of hydrogen-bond donors (Lipinski definition) is 2. The van der Waals surface area contributed by atoms with Crippen LogP contribution in [0.25, 0.3) is 0 Å².